The van der Waals surface area contributed by atoms with Crippen LogP contribution in [0.25, 0.3) is 11.3 Å². The van der Waals surface area contributed by atoms with Gasteiger partial charge in [0.05, 0.1) is 24.1 Å². The highest BCUT2D eigenvalue weighted by atomic mass is 79.9. The molecule has 134 valence electrons. The summed E-state index contributed by atoms with van der Waals surface area (Å²) >= 11 is 3.12. The molecular weight excluding hydrogens is 416 g/mol. The van der Waals surface area contributed by atoms with E-state index in [1.807, 2.05) is 0 Å². The lowest BCUT2D eigenvalue weighted by molar-refractivity contribution is -0.137. The van der Waals surface area contributed by atoms with Crippen LogP contribution in [0.2, 0.25) is 0 Å². The Morgan fingerprint density at radius 1 is 1.08 bits per heavy atom. The third-order valence-corrected chi connectivity index (χ3v) is 4.40. The molecule has 0 aliphatic carbocycles. The largest absolute Gasteiger partial charge is 0.416 e. The van der Waals surface area contributed by atoms with E-state index in [-0.39, 0.29) is 22.3 Å². The molecule has 0 spiro atoms. The smallest absolute Gasteiger partial charge is 0.294 e. The van der Waals surface area contributed by atoms with E-state index in [4.69, 9.17) is 0 Å². The van der Waals surface area contributed by atoms with Crippen molar-refractivity contribution in [2.24, 2.45) is 0 Å². The Bertz CT molecular complexity index is 1010. The third kappa shape index (κ3) is 3.85. The zero-order valence-electron chi connectivity index (χ0n) is 13.1. The van der Waals surface area contributed by atoms with Crippen LogP contribution in [0, 0.1) is 5.82 Å². The SMILES string of the molecule is O=c1c(Br)c(-c2cccc(C(F)(F)F)c2)ncn1Cc1cccc(F)c1. The molecule has 8 heteroatoms. The minimum Gasteiger partial charge on any atom is -0.294 e. The zero-order chi connectivity index (χ0) is 18.9. The van der Waals surface area contributed by atoms with Crippen LogP contribution in [0.3, 0.4) is 0 Å². The molecule has 0 saturated heterocycles. The third-order valence-electron chi connectivity index (χ3n) is 3.69. The van der Waals surface area contributed by atoms with Crippen molar-refractivity contribution in [3.8, 4) is 11.3 Å². The minimum absolute atomic E-state index is 0.0377. The number of aromatic nitrogens is 2. The molecule has 0 unspecified atom stereocenters. The maximum Gasteiger partial charge on any atom is 0.416 e. The second-order valence-corrected chi connectivity index (χ2v) is 6.34. The highest BCUT2D eigenvalue weighted by Gasteiger charge is 2.30. The van der Waals surface area contributed by atoms with E-state index in [0.29, 0.717) is 5.56 Å². The number of hydrogen-bond acceptors (Lipinski definition) is 2. The molecule has 3 rings (SSSR count). The van der Waals surface area contributed by atoms with Crippen molar-refractivity contribution < 1.29 is 17.6 Å². The predicted octanol–water partition coefficient (Wildman–Crippen LogP) is 4.88. The fraction of sp³-hybridized carbons (Fsp3) is 0.111. The lowest BCUT2D eigenvalue weighted by Crippen LogP contribution is -2.22. The average Bonchev–Trinajstić information content (AvgIpc) is 2.59. The van der Waals surface area contributed by atoms with Gasteiger partial charge in [0.25, 0.3) is 5.56 Å². The highest BCUT2D eigenvalue weighted by molar-refractivity contribution is 9.10. The fourth-order valence-corrected chi connectivity index (χ4v) is 3.01. The van der Waals surface area contributed by atoms with Crippen molar-refractivity contribution in [3.63, 3.8) is 0 Å². The van der Waals surface area contributed by atoms with Gasteiger partial charge in [-0.1, -0.05) is 24.3 Å². The predicted molar refractivity (Wildman–Crippen MR) is 92.1 cm³/mol. The van der Waals surface area contributed by atoms with Gasteiger partial charge >= 0.3 is 6.18 Å². The van der Waals surface area contributed by atoms with Crippen LogP contribution in [-0.2, 0) is 12.7 Å². The standard InChI is InChI=1S/C18H11BrF4N2O/c19-15-16(12-4-2-5-13(8-12)18(21,22)23)24-10-25(17(15)26)9-11-3-1-6-14(20)7-11/h1-8,10H,9H2. The summed E-state index contributed by atoms with van der Waals surface area (Å²) in [5.74, 6) is -0.428. The van der Waals surface area contributed by atoms with Crippen LogP contribution in [0.1, 0.15) is 11.1 Å². The maximum absolute atomic E-state index is 13.3. The molecule has 1 aromatic heterocycles. The van der Waals surface area contributed by atoms with Crippen LogP contribution in [0.15, 0.2) is 64.1 Å². The topological polar surface area (TPSA) is 34.9 Å². The second-order valence-electron chi connectivity index (χ2n) is 5.55. The monoisotopic (exact) mass is 426 g/mol. The molecule has 0 aliphatic rings. The summed E-state index contributed by atoms with van der Waals surface area (Å²) in [4.78, 5) is 16.6. The molecule has 0 saturated carbocycles. The first-order chi connectivity index (χ1) is 12.3. The summed E-state index contributed by atoms with van der Waals surface area (Å²) in [5, 5.41) is 0. The lowest BCUT2D eigenvalue weighted by Gasteiger charge is -2.11. The second kappa shape index (κ2) is 7.03. The van der Waals surface area contributed by atoms with Gasteiger partial charge < -0.3 is 0 Å². The van der Waals surface area contributed by atoms with Gasteiger partial charge in [0.2, 0.25) is 0 Å². The van der Waals surface area contributed by atoms with E-state index in [9.17, 15) is 22.4 Å². The fourth-order valence-electron chi connectivity index (χ4n) is 2.45. The number of nitrogens with zero attached hydrogens (tertiary/aromatic N) is 2. The zero-order valence-corrected chi connectivity index (χ0v) is 14.7. The van der Waals surface area contributed by atoms with Gasteiger partial charge in [0.15, 0.2) is 0 Å². The van der Waals surface area contributed by atoms with Gasteiger partial charge in [0, 0.05) is 5.56 Å². The van der Waals surface area contributed by atoms with Crippen molar-refractivity contribution in [1.82, 2.24) is 9.55 Å². The molecule has 0 bridgehead atoms. The summed E-state index contributed by atoms with van der Waals surface area (Å²) in [6.45, 7) is 0.0884. The molecule has 0 radical (unpaired) electrons. The van der Waals surface area contributed by atoms with Crippen LogP contribution < -0.4 is 5.56 Å². The highest BCUT2D eigenvalue weighted by Crippen LogP contribution is 2.32. The Morgan fingerprint density at radius 3 is 2.50 bits per heavy atom. The Morgan fingerprint density at radius 2 is 1.81 bits per heavy atom. The Kier molecular flexibility index (Phi) is 4.95. The molecule has 0 aliphatic heterocycles. The summed E-state index contributed by atoms with van der Waals surface area (Å²) in [5.41, 5.74) is -0.463. The van der Waals surface area contributed by atoms with Crippen LogP contribution in [0.4, 0.5) is 17.6 Å². The summed E-state index contributed by atoms with van der Waals surface area (Å²) < 4.78 is 53.2. The van der Waals surface area contributed by atoms with Gasteiger partial charge in [0.1, 0.15) is 10.3 Å². The molecule has 0 fully saturated rings. The lowest BCUT2D eigenvalue weighted by atomic mass is 10.1. The van der Waals surface area contributed by atoms with Gasteiger partial charge in [-0.05, 0) is 45.8 Å². The van der Waals surface area contributed by atoms with E-state index in [0.717, 1.165) is 12.1 Å². The molecule has 26 heavy (non-hydrogen) atoms. The van der Waals surface area contributed by atoms with Crippen molar-refractivity contribution in [2.45, 2.75) is 12.7 Å². The van der Waals surface area contributed by atoms with E-state index in [1.165, 1.54) is 41.2 Å². The van der Waals surface area contributed by atoms with Crippen LogP contribution >= 0.6 is 15.9 Å². The number of rotatable bonds is 3. The van der Waals surface area contributed by atoms with Gasteiger partial charge in [-0.25, -0.2) is 9.37 Å². The summed E-state index contributed by atoms with van der Waals surface area (Å²) in [6, 6.07) is 10.3. The first kappa shape index (κ1) is 18.3. The van der Waals surface area contributed by atoms with Crippen molar-refractivity contribution in [3.05, 3.63) is 86.6 Å². The first-order valence-electron chi connectivity index (χ1n) is 7.43. The molecule has 2 aromatic carbocycles. The van der Waals surface area contributed by atoms with Crippen LogP contribution in [0.5, 0.6) is 0 Å². The minimum atomic E-state index is -4.49. The van der Waals surface area contributed by atoms with E-state index >= 15 is 0 Å². The number of benzene rings is 2. The number of halogens is 5. The summed E-state index contributed by atoms with van der Waals surface area (Å²) in [7, 11) is 0. The molecule has 0 atom stereocenters. The Labute approximate surface area is 154 Å². The Balaban J connectivity index is 1.99. The molecule has 0 amide bonds. The van der Waals surface area contributed by atoms with Crippen molar-refractivity contribution >= 4 is 15.9 Å². The average molecular weight is 427 g/mol. The first-order valence-corrected chi connectivity index (χ1v) is 8.22. The number of alkyl halides is 3. The van der Waals surface area contributed by atoms with Crippen molar-refractivity contribution in [2.75, 3.05) is 0 Å². The Hall–Kier alpha value is -2.48. The summed E-state index contributed by atoms with van der Waals surface area (Å²) in [6.07, 6.45) is -3.26. The molecule has 0 N–H and O–H groups in total. The van der Waals surface area contributed by atoms with E-state index < -0.39 is 23.1 Å². The van der Waals surface area contributed by atoms with Gasteiger partial charge in [-0.2, -0.15) is 13.2 Å². The quantitative estimate of drug-likeness (QED) is 0.559. The number of hydrogen-bond donors (Lipinski definition) is 0. The van der Waals surface area contributed by atoms with Gasteiger partial charge in [-0.15, -0.1) is 0 Å². The van der Waals surface area contributed by atoms with Crippen molar-refractivity contribution in [1.29, 1.82) is 0 Å². The normalized spacial score (nSPS) is 11.6. The van der Waals surface area contributed by atoms with Crippen LogP contribution in [-0.4, -0.2) is 9.55 Å². The van der Waals surface area contributed by atoms with Gasteiger partial charge in [-0.3, -0.25) is 9.36 Å². The maximum atomic E-state index is 13.3. The van der Waals surface area contributed by atoms with E-state index in [1.54, 1.807) is 6.07 Å². The molecular formula is C18H11BrF4N2O. The molecule has 3 aromatic rings. The molecule has 3 nitrogen and oxygen atoms in total. The molecule has 1 heterocycles. The van der Waals surface area contributed by atoms with E-state index in [2.05, 4.69) is 20.9 Å².